The number of amides is 1. The number of rotatable bonds is 5. The molecule has 1 atom stereocenters. The summed E-state index contributed by atoms with van der Waals surface area (Å²) in [5.74, 6) is 3.57. The molecule has 172 valence electrons. The highest BCUT2D eigenvalue weighted by molar-refractivity contribution is 5.90. The van der Waals surface area contributed by atoms with Crippen LogP contribution in [0.25, 0.3) is 11.5 Å². The van der Waals surface area contributed by atoms with Gasteiger partial charge in [-0.05, 0) is 24.6 Å². The Morgan fingerprint density at radius 2 is 2.22 bits per heavy atom. The summed E-state index contributed by atoms with van der Waals surface area (Å²) >= 11 is 0. The molecule has 1 aliphatic heterocycles. The van der Waals surface area contributed by atoms with Gasteiger partial charge < -0.3 is 30.1 Å². The van der Waals surface area contributed by atoms with Crippen molar-refractivity contribution in [2.45, 2.75) is 18.8 Å². The van der Waals surface area contributed by atoms with Crippen LogP contribution in [-0.2, 0) is 0 Å². The molecule has 1 aromatic carbocycles. The number of halogens is 3. The SMILES string of the molecule is CN(N)/C=C\N.N#CN1CCC(NC(=O)c2nnc(-c3cccc(OC(F)(F)F)c3)o2)C1. The molecule has 14 heteroatoms. The van der Waals surface area contributed by atoms with Gasteiger partial charge in [0.25, 0.3) is 0 Å². The molecule has 0 radical (unpaired) electrons. The Morgan fingerprint density at radius 1 is 1.47 bits per heavy atom. The van der Waals surface area contributed by atoms with E-state index < -0.39 is 18.0 Å². The topological polar surface area (TPSA) is 160 Å². The first-order chi connectivity index (χ1) is 15.1. The lowest BCUT2D eigenvalue weighted by Gasteiger charge is -2.10. The number of likely N-dealkylation sites (tertiary alicyclic amines) is 1. The fraction of sp³-hybridized carbons (Fsp3) is 0.333. The van der Waals surface area contributed by atoms with E-state index >= 15 is 0 Å². The summed E-state index contributed by atoms with van der Waals surface area (Å²) in [4.78, 5) is 13.6. The number of hydrazine groups is 1. The molecule has 1 aromatic heterocycles. The third-order valence-electron chi connectivity index (χ3n) is 3.92. The van der Waals surface area contributed by atoms with Gasteiger partial charge in [0, 0.05) is 44.1 Å². The van der Waals surface area contributed by atoms with Gasteiger partial charge in [-0.2, -0.15) is 5.26 Å². The zero-order valence-electron chi connectivity index (χ0n) is 16.9. The van der Waals surface area contributed by atoms with Gasteiger partial charge in [0.05, 0.1) is 0 Å². The van der Waals surface area contributed by atoms with Crippen molar-refractivity contribution in [2.75, 3.05) is 20.1 Å². The number of nitriles is 1. The summed E-state index contributed by atoms with van der Waals surface area (Å²) in [5, 5.41) is 20.1. The first kappa shape index (κ1) is 24.3. The highest BCUT2D eigenvalue weighted by Gasteiger charge is 2.31. The Morgan fingerprint density at radius 3 is 2.78 bits per heavy atom. The molecule has 0 bridgehead atoms. The standard InChI is InChI=1S/C15H12F3N5O3.C3H9N3/c16-15(17,18)26-11-3-1-2-9(6-11)13-21-22-14(25-13)12(24)20-10-4-5-23(7-10)8-19;1-6(5)3-2-4/h1-3,6,10H,4-5,7H2,(H,20,24);2-3H,4-5H2,1H3/b;3-2-. The summed E-state index contributed by atoms with van der Waals surface area (Å²) in [6, 6.07) is 4.75. The Labute approximate surface area is 181 Å². The first-order valence-corrected chi connectivity index (χ1v) is 9.12. The van der Waals surface area contributed by atoms with Crippen molar-refractivity contribution >= 4 is 5.91 Å². The van der Waals surface area contributed by atoms with E-state index in [0.29, 0.717) is 19.5 Å². The molecule has 0 spiro atoms. The number of hydrogen-bond donors (Lipinski definition) is 3. The number of benzene rings is 1. The minimum Gasteiger partial charge on any atom is -0.412 e. The average Bonchev–Trinajstić information content (AvgIpc) is 3.37. The van der Waals surface area contributed by atoms with Crippen LogP contribution in [0.3, 0.4) is 0 Å². The molecule has 5 N–H and O–H groups in total. The number of nitrogens with two attached hydrogens (primary N) is 2. The highest BCUT2D eigenvalue weighted by atomic mass is 19.4. The Balaban J connectivity index is 0.000000534. The number of carbonyl (C=O) groups is 1. The second-order valence-corrected chi connectivity index (χ2v) is 6.50. The normalized spacial score (nSPS) is 15.6. The van der Waals surface area contributed by atoms with Crippen molar-refractivity contribution in [1.29, 1.82) is 5.26 Å². The predicted molar refractivity (Wildman–Crippen MR) is 105 cm³/mol. The smallest absolute Gasteiger partial charge is 0.412 e. The van der Waals surface area contributed by atoms with Crippen molar-refractivity contribution in [1.82, 2.24) is 25.4 Å². The highest BCUT2D eigenvalue weighted by Crippen LogP contribution is 2.27. The summed E-state index contributed by atoms with van der Waals surface area (Å²) < 4.78 is 45.9. The van der Waals surface area contributed by atoms with E-state index in [1.165, 1.54) is 28.2 Å². The molecule has 1 amide bonds. The van der Waals surface area contributed by atoms with Crippen LogP contribution in [0.1, 0.15) is 17.1 Å². The molecule has 2 aromatic rings. The van der Waals surface area contributed by atoms with Gasteiger partial charge in [-0.15, -0.1) is 23.4 Å². The molecule has 1 fully saturated rings. The lowest BCUT2D eigenvalue weighted by Crippen LogP contribution is -2.36. The summed E-state index contributed by atoms with van der Waals surface area (Å²) in [7, 11) is 1.70. The number of nitrogens with one attached hydrogen (secondary N) is 1. The number of ether oxygens (including phenoxy) is 1. The fourth-order valence-electron chi connectivity index (χ4n) is 2.61. The second kappa shape index (κ2) is 10.9. The molecule has 11 nitrogen and oxygen atoms in total. The minimum atomic E-state index is -4.82. The van der Waals surface area contributed by atoms with Gasteiger partial charge in [0.2, 0.25) is 5.89 Å². The van der Waals surface area contributed by atoms with Crippen molar-refractivity contribution in [3.8, 4) is 23.4 Å². The number of nitrogens with zero attached hydrogens (tertiary/aromatic N) is 5. The van der Waals surface area contributed by atoms with Crippen molar-refractivity contribution < 1.29 is 27.1 Å². The zero-order chi connectivity index (χ0) is 23.7. The maximum atomic E-state index is 12.3. The van der Waals surface area contributed by atoms with Crippen LogP contribution in [-0.4, -0.2) is 58.6 Å². The van der Waals surface area contributed by atoms with Crippen LogP contribution in [0.15, 0.2) is 41.1 Å². The van der Waals surface area contributed by atoms with Crippen LogP contribution in [0.2, 0.25) is 0 Å². The van der Waals surface area contributed by atoms with Crippen molar-refractivity contribution in [3.63, 3.8) is 0 Å². The van der Waals surface area contributed by atoms with Crippen molar-refractivity contribution in [2.24, 2.45) is 11.6 Å². The lowest BCUT2D eigenvalue weighted by atomic mass is 10.2. The summed E-state index contributed by atoms with van der Waals surface area (Å²) in [6.45, 7) is 0.933. The summed E-state index contributed by atoms with van der Waals surface area (Å²) in [6.07, 6.45) is 0.709. The van der Waals surface area contributed by atoms with Crippen LogP contribution in [0.5, 0.6) is 5.75 Å². The maximum absolute atomic E-state index is 12.3. The van der Waals surface area contributed by atoms with Crippen LogP contribution < -0.4 is 21.6 Å². The molecular weight excluding hydrogens is 433 g/mol. The molecule has 1 aliphatic rings. The van der Waals surface area contributed by atoms with Gasteiger partial charge in [0.15, 0.2) is 6.19 Å². The van der Waals surface area contributed by atoms with E-state index in [9.17, 15) is 18.0 Å². The monoisotopic (exact) mass is 454 g/mol. The Hall–Kier alpha value is -3.99. The third-order valence-corrected chi connectivity index (χ3v) is 3.92. The van der Waals surface area contributed by atoms with Gasteiger partial charge in [0.1, 0.15) is 5.75 Å². The number of carbonyl (C=O) groups excluding carboxylic acids is 1. The van der Waals surface area contributed by atoms with E-state index in [1.807, 2.05) is 6.19 Å². The van der Waals surface area contributed by atoms with Crippen molar-refractivity contribution in [3.05, 3.63) is 42.6 Å². The van der Waals surface area contributed by atoms with Crippen LogP contribution in [0, 0.1) is 11.5 Å². The van der Waals surface area contributed by atoms with Crippen LogP contribution >= 0.6 is 0 Å². The second-order valence-electron chi connectivity index (χ2n) is 6.50. The molecular formula is C18H21F3N8O3. The largest absolute Gasteiger partial charge is 0.573 e. The zero-order valence-corrected chi connectivity index (χ0v) is 16.9. The molecule has 1 unspecified atom stereocenters. The number of hydrogen-bond acceptors (Lipinski definition) is 10. The van der Waals surface area contributed by atoms with E-state index in [2.05, 4.69) is 20.3 Å². The van der Waals surface area contributed by atoms with Gasteiger partial charge in [-0.3, -0.25) is 4.79 Å². The Kier molecular flexibility index (Phi) is 8.24. The molecule has 3 rings (SSSR count). The fourth-order valence-corrected chi connectivity index (χ4v) is 2.61. The van der Waals surface area contributed by atoms with E-state index in [1.54, 1.807) is 13.2 Å². The lowest BCUT2D eigenvalue weighted by molar-refractivity contribution is -0.274. The number of alkyl halides is 3. The first-order valence-electron chi connectivity index (χ1n) is 9.12. The van der Waals surface area contributed by atoms with Gasteiger partial charge >= 0.3 is 18.2 Å². The van der Waals surface area contributed by atoms with E-state index in [4.69, 9.17) is 21.3 Å². The molecule has 0 saturated carbocycles. The summed E-state index contributed by atoms with van der Waals surface area (Å²) in [5.41, 5.74) is 5.10. The minimum absolute atomic E-state index is 0.118. The number of aromatic nitrogens is 2. The van der Waals surface area contributed by atoms with Gasteiger partial charge in [-0.25, -0.2) is 5.84 Å². The van der Waals surface area contributed by atoms with Gasteiger partial charge in [-0.1, -0.05) is 6.07 Å². The third kappa shape index (κ3) is 7.69. The quantitative estimate of drug-likeness (QED) is 0.340. The average molecular weight is 454 g/mol. The molecule has 0 aliphatic carbocycles. The molecule has 32 heavy (non-hydrogen) atoms. The molecule has 2 heterocycles. The molecule has 1 saturated heterocycles. The van der Waals surface area contributed by atoms with E-state index in [0.717, 1.165) is 12.1 Å². The maximum Gasteiger partial charge on any atom is 0.573 e. The van der Waals surface area contributed by atoms with Crippen LogP contribution in [0.4, 0.5) is 13.2 Å². The Bertz CT molecular complexity index is 971. The van der Waals surface area contributed by atoms with E-state index in [-0.39, 0.29) is 23.4 Å². The predicted octanol–water partition coefficient (Wildman–Crippen LogP) is 1.14.